The first-order valence-electron chi connectivity index (χ1n) is 9.05. The molecule has 144 valence electrons. The normalized spacial score (nSPS) is 13.1. The van der Waals surface area contributed by atoms with E-state index in [0.717, 1.165) is 16.2 Å². The number of quaternary nitrogens is 1. The number of hydrogen-bond donors (Lipinski definition) is 3. The highest BCUT2D eigenvalue weighted by Crippen LogP contribution is 2.19. The van der Waals surface area contributed by atoms with E-state index in [4.69, 9.17) is 0 Å². The zero-order valence-electron chi connectivity index (χ0n) is 16.8. The van der Waals surface area contributed by atoms with Crippen molar-refractivity contribution in [1.29, 1.82) is 0 Å². The van der Waals surface area contributed by atoms with E-state index in [9.17, 15) is 14.4 Å². The van der Waals surface area contributed by atoms with Crippen LogP contribution in [0.5, 0.6) is 0 Å². The second-order valence-corrected chi connectivity index (χ2v) is 7.20. The zero-order valence-corrected chi connectivity index (χ0v) is 16.8. The molecule has 1 amide bonds. The lowest BCUT2D eigenvalue weighted by Gasteiger charge is -2.20. The number of anilines is 1. The van der Waals surface area contributed by atoms with E-state index in [0.29, 0.717) is 22.5 Å². The Balaban J connectivity index is 2.06. The maximum absolute atomic E-state index is 12.9. The van der Waals surface area contributed by atoms with E-state index in [1.54, 1.807) is 20.8 Å². The van der Waals surface area contributed by atoms with Crippen molar-refractivity contribution >= 4 is 23.2 Å². The van der Waals surface area contributed by atoms with Crippen LogP contribution >= 0.6 is 0 Å². The summed E-state index contributed by atoms with van der Waals surface area (Å²) in [6.45, 7) is 9.00. The maximum atomic E-state index is 12.9. The lowest BCUT2D eigenvalue weighted by Crippen LogP contribution is -3.14. The maximum Gasteiger partial charge on any atom is 0.279 e. The van der Waals surface area contributed by atoms with Gasteiger partial charge in [-0.2, -0.15) is 0 Å². The second-order valence-electron chi connectivity index (χ2n) is 7.20. The molecule has 2 atom stereocenters. The molecule has 0 aliphatic rings. The van der Waals surface area contributed by atoms with Crippen LogP contribution in [0.2, 0.25) is 0 Å². The molecule has 0 spiro atoms. The SMILES string of the molecule is CC(=O)c1c(C)[nH]c(C(=O)[C@H](C)[NH+](C)CC(=O)Nc2ccc(C)cc2)c1C. The molecule has 6 nitrogen and oxygen atoms in total. The highest BCUT2D eigenvalue weighted by molar-refractivity contribution is 6.04. The predicted octanol–water partition coefficient (Wildman–Crippen LogP) is 1.87. The molecule has 0 aliphatic carbocycles. The molecule has 3 N–H and O–H groups in total. The highest BCUT2D eigenvalue weighted by atomic mass is 16.2. The lowest BCUT2D eigenvalue weighted by atomic mass is 10.0. The van der Waals surface area contributed by atoms with Crippen molar-refractivity contribution in [3.63, 3.8) is 0 Å². The van der Waals surface area contributed by atoms with E-state index in [2.05, 4.69) is 10.3 Å². The third kappa shape index (κ3) is 4.71. The molecule has 1 aromatic heterocycles. The van der Waals surface area contributed by atoms with Gasteiger partial charge >= 0.3 is 0 Å². The summed E-state index contributed by atoms with van der Waals surface area (Å²) in [5, 5.41) is 2.85. The van der Waals surface area contributed by atoms with Crippen molar-refractivity contribution in [2.24, 2.45) is 0 Å². The average Bonchev–Trinajstić information content (AvgIpc) is 2.90. The summed E-state index contributed by atoms with van der Waals surface area (Å²) in [5.74, 6) is -0.324. The number of amides is 1. The number of nitrogens with one attached hydrogen (secondary N) is 3. The van der Waals surface area contributed by atoms with Crippen LogP contribution in [0, 0.1) is 20.8 Å². The molecule has 0 fully saturated rings. The van der Waals surface area contributed by atoms with Gasteiger partial charge in [-0.05, 0) is 52.3 Å². The number of H-pyrrole nitrogens is 1. The van der Waals surface area contributed by atoms with Crippen LogP contribution in [0.3, 0.4) is 0 Å². The van der Waals surface area contributed by atoms with Crippen molar-refractivity contribution < 1.29 is 19.3 Å². The first kappa shape index (κ1) is 20.6. The van der Waals surface area contributed by atoms with Crippen molar-refractivity contribution in [3.8, 4) is 0 Å². The smallest absolute Gasteiger partial charge is 0.279 e. The number of aromatic amines is 1. The van der Waals surface area contributed by atoms with E-state index < -0.39 is 6.04 Å². The highest BCUT2D eigenvalue weighted by Gasteiger charge is 2.29. The van der Waals surface area contributed by atoms with Crippen LogP contribution in [0.25, 0.3) is 0 Å². The number of aryl methyl sites for hydroxylation is 2. The van der Waals surface area contributed by atoms with Gasteiger partial charge in [0.25, 0.3) is 5.91 Å². The number of hydrogen-bond acceptors (Lipinski definition) is 3. The van der Waals surface area contributed by atoms with Crippen molar-refractivity contribution in [3.05, 3.63) is 52.3 Å². The molecule has 0 aliphatic heterocycles. The van der Waals surface area contributed by atoms with Crippen LogP contribution in [-0.4, -0.2) is 42.1 Å². The fourth-order valence-corrected chi connectivity index (χ4v) is 3.21. The molecular weight excluding hydrogens is 342 g/mol. The van der Waals surface area contributed by atoms with Gasteiger partial charge in [-0.25, -0.2) is 0 Å². The predicted molar refractivity (Wildman–Crippen MR) is 106 cm³/mol. The van der Waals surface area contributed by atoms with E-state index in [1.165, 1.54) is 6.92 Å². The average molecular weight is 370 g/mol. The van der Waals surface area contributed by atoms with Crippen LogP contribution < -0.4 is 10.2 Å². The Labute approximate surface area is 160 Å². The zero-order chi connectivity index (χ0) is 20.3. The van der Waals surface area contributed by atoms with Crippen LogP contribution in [0.4, 0.5) is 5.69 Å². The van der Waals surface area contributed by atoms with Gasteiger partial charge in [0.05, 0.1) is 12.7 Å². The van der Waals surface area contributed by atoms with Gasteiger partial charge in [-0.1, -0.05) is 17.7 Å². The largest absolute Gasteiger partial charge is 0.355 e. The Morgan fingerprint density at radius 1 is 1.11 bits per heavy atom. The lowest BCUT2D eigenvalue weighted by molar-refractivity contribution is -0.885. The molecule has 0 saturated carbocycles. The van der Waals surface area contributed by atoms with E-state index >= 15 is 0 Å². The number of carbonyl (C=O) groups is 3. The Hall–Kier alpha value is -2.73. The molecule has 0 radical (unpaired) electrons. The number of carbonyl (C=O) groups excluding carboxylic acids is 3. The topological polar surface area (TPSA) is 83.5 Å². The number of rotatable bonds is 7. The number of ketones is 2. The first-order chi connectivity index (χ1) is 12.6. The molecule has 27 heavy (non-hydrogen) atoms. The molecule has 1 aromatic carbocycles. The van der Waals surface area contributed by atoms with Crippen molar-refractivity contribution in [2.45, 2.75) is 40.7 Å². The number of benzene rings is 1. The van der Waals surface area contributed by atoms with Gasteiger partial charge in [0, 0.05) is 16.9 Å². The van der Waals surface area contributed by atoms with Gasteiger partial charge in [-0.15, -0.1) is 0 Å². The van der Waals surface area contributed by atoms with Crippen LogP contribution in [0.15, 0.2) is 24.3 Å². The van der Waals surface area contributed by atoms with Crippen molar-refractivity contribution in [2.75, 3.05) is 18.9 Å². The number of Topliss-reactive ketones (excluding diaryl/α,β-unsaturated/α-hetero) is 2. The summed E-state index contributed by atoms with van der Waals surface area (Å²) in [7, 11) is 1.81. The van der Waals surface area contributed by atoms with Crippen LogP contribution in [0.1, 0.15) is 51.5 Å². The Bertz CT molecular complexity index is 866. The molecule has 2 rings (SSSR count). The third-order valence-electron chi connectivity index (χ3n) is 4.94. The summed E-state index contributed by atoms with van der Waals surface area (Å²) in [5.41, 5.74) is 4.25. The van der Waals surface area contributed by atoms with E-state index in [-0.39, 0.29) is 24.0 Å². The minimum Gasteiger partial charge on any atom is -0.355 e. The van der Waals surface area contributed by atoms with Gasteiger partial charge in [0.15, 0.2) is 18.4 Å². The Morgan fingerprint density at radius 3 is 2.22 bits per heavy atom. The van der Waals surface area contributed by atoms with Crippen LogP contribution in [-0.2, 0) is 4.79 Å². The molecular formula is C21H28N3O3+. The van der Waals surface area contributed by atoms with E-state index in [1.807, 2.05) is 38.2 Å². The Morgan fingerprint density at radius 2 is 1.70 bits per heavy atom. The minimum absolute atomic E-state index is 0.0638. The summed E-state index contributed by atoms with van der Waals surface area (Å²) < 4.78 is 0. The number of aromatic nitrogens is 1. The monoisotopic (exact) mass is 370 g/mol. The molecule has 1 unspecified atom stereocenters. The standard InChI is InChI=1S/C21H27N3O3/c1-12-7-9-17(10-8-12)23-18(26)11-24(6)15(4)21(27)20-13(2)19(16(5)25)14(3)22-20/h7-10,15,22H,11H2,1-6H3,(H,23,26)/p+1/t15-/m0/s1. The van der Waals surface area contributed by atoms with Gasteiger partial charge in [0.2, 0.25) is 5.78 Å². The minimum atomic E-state index is -0.426. The molecule has 1 heterocycles. The first-order valence-corrected chi connectivity index (χ1v) is 9.05. The van der Waals surface area contributed by atoms with Gasteiger partial charge in [-0.3, -0.25) is 14.4 Å². The fraction of sp³-hybridized carbons (Fsp3) is 0.381. The van der Waals surface area contributed by atoms with Gasteiger partial charge in [0.1, 0.15) is 0 Å². The third-order valence-corrected chi connectivity index (χ3v) is 4.94. The fourth-order valence-electron chi connectivity index (χ4n) is 3.21. The molecule has 6 heteroatoms. The number of likely N-dealkylation sites (N-methyl/N-ethyl adjacent to an activating group) is 1. The molecule has 2 aromatic rings. The van der Waals surface area contributed by atoms with Gasteiger partial charge < -0.3 is 15.2 Å². The summed E-state index contributed by atoms with van der Waals surface area (Å²) in [6.07, 6.45) is 0. The summed E-state index contributed by atoms with van der Waals surface area (Å²) >= 11 is 0. The summed E-state index contributed by atoms with van der Waals surface area (Å²) in [4.78, 5) is 40.8. The Kier molecular flexibility index (Phi) is 6.33. The van der Waals surface area contributed by atoms with Crippen molar-refractivity contribution in [1.82, 2.24) is 4.98 Å². The second kappa shape index (κ2) is 8.31. The molecule has 0 bridgehead atoms. The quantitative estimate of drug-likeness (QED) is 0.651. The molecule has 0 saturated heterocycles. The summed E-state index contributed by atoms with van der Waals surface area (Å²) in [6, 6.07) is 7.14.